The molecule has 0 aromatic heterocycles. The fraction of sp³-hybridized carbons (Fsp3) is 0.433. The van der Waals surface area contributed by atoms with Crippen molar-refractivity contribution in [3.8, 4) is 5.75 Å². The Bertz CT molecular complexity index is 1330. The number of rotatable bonds is 1. The lowest BCUT2D eigenvalue weighted by atomic mass is 9.72. The average molecular weight is 437 g/mol. The zero-order valence-electron chi connectivity index (χ0n) is 20.0. The summed E-state index contributed by atoms with van der Waals surface area (Å²) in [6.45, 7) is 9.66. The molecular weight excluding hydrogens is 404 g/mol. The molecule has 2 heterocycles. The van der Waals surface area contributed by atoms with Crippen molar-refractivity contribution >= 4 is 28.4 Å². The van der Waals surface area contributed by atoms with Crippen molar-refractivity contribution in [3.63, 3.8) is 0 Å². The molecule has 3 heteroatoms. The first-order chi connectivity index (χ1) is 15.8. The third-order valence-corrected chi connectivity index (χ3v) is 9.76. The lowest BCUT2D eigenvalue weighted by Crippen LogP contribution is -2.67. The van der Waals surface area contributed by atoms with E-state index in [1.54, 1.807) is 0 Å². The fourth-order valence-electron chi connectivity index (χ4n) is 7.79. The fourth-order valence-corrected chi connectivity index (χ4v) is 7.79. The largest absolute Gasteiger partial charge is 0.459 e. The van der Waals surface area contributed by atoms with Crippen LogP contribution in [0.5, 0.6) is 5.75 Å². The summed E-state index contributed by atoms with van der Waals surface area (Å²) < 4.78 is 7.18. The van der Waals surface area contributed by atoms with Crippen LogP contribution in [0.15, 0.2) is 65.7 Å². The van der Waals surface area contributed by atoms with Gasteiger partial charge >= 0.3 is 0 Å². The highest BCUT2D eigenvalue weighted by atomic mass is 16.5. The maximum Gasteiger partial charge on any atom is 0.229 e. The summed E-state index contributed by atoms with van der Waals surface area (Å²) in [6, 6.07) is 22.2. The van der Waals surface area contributed by atoms with Gasteiger partial charge in [0.25, 0.3) is 0 Å². The number of benzene rings is 3. The van der Waals surface area contributed by atoms with Gasteiger partial charge < -0.3 is 9.64 Å². The highest BCUT2D eigenvalue weighted by Crippen LogP contribution is 2.64. The Hall–Kier alpha value is -2.81. The Morgan fingerprint density at radius 3 is 2.55 bits per heavy atom. The van der Waals surface area contributed by atoms with Crippen LogP contribution < -0.4 is 9.64 Å². The van der Waals surface area contributed by atoms with Gasteiger partial charge in [0.15, 0.2) is 0 Å². The van der Waals surface area contributed by atoms with E-state index in [1.165, 1.54) is 35.9 Å². The van der Waals surface area contributed by atoms with Crippen LogP contribution >= 0.6 is 0 Å². The summed E-state index contributed by atoms with van der Waals surface area (Å²) in [5.74, 6) is 2.44. The van der Waals surface area contributed by atoms with Crippen LogP contribution in [0.4, 0.5) is 11.4 Å². The molecule has 7 rings (SSSR count). The van der Waals surface area contributed by atoms with Gasteiger partial charge in [-0.2, -0.15) is 0 Å². The number of para-hydroxylation sites is 1. The maximum absolute atomic E-state index is 7.18. The molecule has 2 bridgehead atoms. The Kier molecular flexibility index (Phi) is 3.69. The summed E-state index contributed by atoms with van der Waals surface area (Å²) >= 11 is 0. The molecule has 0 radical (unpaired) electrons. The average Bonchev–Trinajstić information content (AvgIpc) is 3.36. The second kappa shape index (κ2) is 6.20. The molecule has 33 heavy (non-hydrogen) atoms. The van der Waals surface area contributed by atoms with E-state index in [4.69, 9.17) is 9.73 Å². The van der Waals surface area contributed by atoms with Gasteiger partial charge in [0.1, 0.15) is 11.4 Å². The first-order valence-corrected chi connectivity index (χ1v) is 12.5. The van der Waals surface area contributed by atoms with Gasteiger partial charge in [0.2, 0.25) is 5.72 Å². The lowest BCUT2D eigenvalue weighted by molar-refractivity contribution is 0.0472. The molecule has 168 valence electrons. The van der Waals surface area contributed by atoms with Crippen LogP contribution in [-0.4, -0.2) is 18.0 Å². The molecule has 0 amide bonds. The van der Waals surface area contributed by atoms with Crippen molar-refractivity contribution in [2.45, 2.75) is 64.1 Å². The highest BCUT2D eigenvalue weighted by molar-refractivity contribution is 6.00. The van der Waals surface area contributed by atoms with Gasteiger partial charge in [0.05, 0.1) is 11.6 Å². The van der Waals surface area contributed by atoms with E-state index in [0.29, 0.717) is 11.5 Å². The van der Waals surface area contributed by atoms with Gasteiger partial charge in [-0.05, 0) is 73.4 Å². The molecule has 3 nitrogen and oxygen atoms in total. The van der Waals surface area contributed by atoms with Gasteiger partial charge in [0, 0.05) is 17.1 Å². The van der Waals surface area contributed by atoms with Crippen molar-refractivity contribution in [2.75, 3.05) is 4.90 Å². The van der Waals surface area contributed by atoms with Crippen LogP contribution in [0.2, 0.25) is 0 Å². The summed E-state index contributed by atoms with van der Waals surface area (Å²) in [6.07, 6.45) is 6.07. The second-order valence-corrected chi connectivity index (χ2v) is 11.7. The van der Waals surface area contributed by atoms with Gasteiger partial charge in [-0.3, -0.25) is 4.99 Å². The summed E-state index contributed by atoms with van der Waals surface area (Å²) in [4.78, 5) is 7.82. The normalized spacial score (nSPS) is 35.2. The van der Waals surface area contributed by atoms with E-state index in [1.807, 2.05) is 0 Å². The van der Waals surface area contributed by atoms with Gasteiger partial charge in [-0.1, -0.05) is 62.4 Å². The quantitative estimate of drug-likeness (QED) is 0.401. The minimum atomic E-state index is -0.635. The highest BCUT2D eigenvalue weighted by Gasteiger charge is 2.66. The molecule has 5 unspecified atom stereocenters. The second-order valence-electron chi connectivity index (χ2n) is 11.7. The molecule has 5 atom stereocenters. The van der Waals surface area contributed by atoms with E-state index < -0.39 is 5.72 Å². The van der Waals surface area contributed by atoms with Crippen molar-refractivity contribution in [1.82, 2.24) is 0 Å². The van der Waals surface area contributed by atoms with Crippen LogP contribution in [-0.2, 0) is 5.41 Å². The SMILES string of the molecule is CC1CC2CC(N3c4ccccc4C(C)(C)C34C=Nc3c(ccc5ccccc35)O4)C1(C)C2. The summed E-state index contributed by atoms with van der Waals surface area (Å²) in [5, 5.41) is 2.36. The topological polar surface area (TPSA) is 24.8 Å². The van der Waals surface area contributed by atoms with Crippen molar-refractivity contribution < 1.29 is 4.74 Å². The molecule has 2 fully saturated rings. The zero-order chi connectivity index (χ0) is 22.6. The lowest BCUT2D eigenvalue weighted by Gasteiger charge is -2.53. The molecule has 1 spiro atoms. The minimum Gasteiger partial charge on any atom is -0.459 e. The first kappa shape index (κ1) is 19.6. The molecule has 0 saturated heterocycles. The van der Waals surface area contributed by atoms with Crippen LogP contribution in [0.1, 0.15) is 52.5 Å². The molecule has 3 aromatic carbocycles. The molecule has 0 N–H and O–H groups in total. The Labute approximate surface area is 196 Å². The molecule has 2 aliphatic heterocycles. The standard InChI is InChI=1S/C30H32N2O/c1-19-15-20-16-26(29(19,4)17-20)32-24-12-8-7-11-23(24)28(2,3)30(32)18-31-27-22-10-6-5-9-21(22)13-14-25(27)33-30/h5-14,18-20,26H,15-17H2,1-4H3. The maximum atomic E-state index is 7.18. The molecule has 3 aromatic rings. The Morgan fingerprint density at radius 2 is 1.73 bits per heavy atom. The van der Waals surface area contributed by atoms with Gasteiger partial charge in [-0.15, -0.1) is 0 Å². The van der Waals surface area contributed by atoms with Crippen LogP contribution in [0, 0.1) is 17.3 Å². The van der Waals surface area contributed by atoms with E-state index >= 15 is 0 Å². The number of hydrogen-bond donors (Lipinski definition) is 0. The summed E-state index contributed by atoms with van der Waals surface area (Å²) in [5.41, 5.74) is 3.07. The minimum absolute atomic E-state index is 0.238. The number of anilines is 1. The zero-order valence-corrected chi connectivity index (χ0v) is 20.0. The summed E-state index contributed by atoms with van der Waals surface area (Å²) in [7, 11) is 0. The van der Waals surface area contributed by atoms with Crippen LogP contribution in [0.3, 0.4) is 0 Å². The number of nitrogens with zero attached hydrogens (tertiary/aromatic N) is 2. The van der Waals surface area contributed by atoms with E-state index in [0.717, 1.165) is 28.7 Å². The van der Waals surface area contributed by atoms with E-state index in [-0.39, 0.29) is 5.41 Å². The van der Waals surface area contributed by atoms with Gasteiger partial charge in [-0.25, -0.2) is 0 Å². The van der Waals surface area contributed by atoms with Crippen molar-refractivity contribution in [3.05, 3.63) is 66.2 Å². The predicted octanol–water partition coefficient (Wildman–Crippen LogP) is 7.25. The molecular formula is C30H32N2O. The Balaban J connectivity index is 1.45. The van der Waals surface area contributed by atoms with E-state index in [9.17, 15) is 0 Å². The number of ether oxygens (including phenoxy) is 1. The Morgan fingerprint density at radius 1 is 0.939 bits per heavy atom. The number of fused-ring (bicyclic) bond motifs is 6. The van der Waals surface area contributed by atoms with E-state index in [2.05, 4.69) is 99.5 Å². The smallest absolute Gasteiger partial charge is 0.229 e. The molecule has 2 saturated carbocycles. The third-order valence-electron chi connectivity index (χ3n) is 9.76. The van der Waals surface area contributed by atoms with Crippen LogP contribution in [0.25, 0.3) is 10.8 Å². The molecule has 4 aliphatic rings. The third kappa shape index (κ3) is 2.28. The monoisotopic (exact) mass is 436 g/mol. The first-order valence-electron chi connectivity index (χ1n) is 12.5. The van der Waals surface area contributed by atoms with Crippen molar-refractivity contribution in [2.24, 2.45) is 22.2 Å². The van der Waals surface area contributed by atoms with Crippen molar-refractivity contribution in [1.29, 1.82) is 0 Å². The predicted molar refractivity (Wildman–Crippen MR) is 136 cm³/mol. The number of hydrogen-bond acceptors (Lipinski definition) is 3. The molecule has 2 aliphatic carbocycles. The number of aliphatic imine (C=N–C) groups is 1.